The fraction of sp³-hybridized carbons (Fsp3) is 0.389. The van der Waals surface area contributed by atoms with Crippen LogP contribution in [0.25, 0.3) is 0 Å². The number of benzene rings is 1. The number of carbonyl (C=O) groups excluding carboxylic acids is 2. The van der Waals surface area contributed by atoms with E-state index in [4.69, 9.17) is 4.74 Å². The summed E-state index contributed by atoms with van der Waals surface area (Å²) in [5, 5.41) is 5.85. The molecule has 1 heterocycles. The van der Waals surface area contributed by atoms with Crippen LogP contribution in [0.4, 0.5) is 5.69 Å². The molecule has 0 radical (unpaired) electrons. The summed E-state index contributed by atoms with van der Waals surface area (Å²) in [6, 6.07) is 7.00. The van der Waals surface area contributed by atoms with Crippen LogP contribution in [0.15, 0.2) is 29.6 Å². The molecule has 1 N–H and O–H groups in total. The van der Waals surface area contributed by atoms with E-state index >= 15 is 0 Å². The highest BCUT2D eigenvalue weighted by Crippen LogP contribution is 2.26. The first-order chi connectivity index (χ1) is 11.9. The van der Waals surface area contributed by atoms with Gasteiger partial charge in [-0.25, -0.2) is 4.98 Å². The Morgan fingerprint density at radius 1 is 1.36 bits per heavy atom. The van der Waals surface area contributed by atoms with E-state index in [1.165, 1.54) is 0 Å². The maximum atomic E-state index is 12.9. The third kappa shape index (κ3) is 4.79. The molecule has 1 aromatic heterocycles. The molecule has 0 unspecified atom stereocenters. The highest BCUT2D eigenvalue weighted by molar-refractivity contribution is 7.09. The molecule has 1 aromatic carbocycles. The quantitative estimate of drug-likeness (QED) is 0.767. The fourth-order valence-corrected chi connectivity index (χ4v) is 3.19. The second-order valence-electron chi connectivity index (χ2n) is 5.62. The molecule has 0 aliphatic carbocycles. The van der Waals surface area contributed by atoms with Crippen molar-refractivity contribution in [3.05, 3.63) is 45.9 Å². The van der Waals surface area contributed by atoms with Gasteiger partial charge in [0.05, 0.1) is 18.2 Å². The predicted octanol–water partition coefficient (Wildman–Crippen LogP) is 3.26. The number of ether oxygens (including phenoxy) is 1. The Morgan fingerprint density at radius 3 is 2.72 bits per heavy atom. The van der Waals surface area contributed by atoms with Crippen LogP contribution >= 0.6 is 11.3 Å². The van der Waals surface area contributed by atoms with Crippen LogP contribution < -0.4 is 5.32 Å². The number of para-hydroxylation sites is 1. The number of hydrogen-bond donors (Lipinski definition) is 1. The van der Waals surface area contributed by atoms with E-state index in [9.17, 15) is 9.59 Å². The minimum atomic E-state index is -0.357. The third-order valence-electron chi connectivity index (χ3n) is 3.78. The van der Waals surface area contributed by atoms with Crippen molar-refractivity contribution in [1.29, 1.82) is 0 Å². The Morgan fingerprint density at radius 2 is 2.08 bits per heavy atom. The molecule has 0 aliphatic heterocycles. The van der Waals surface area contributed by atoms with Crippen LogP contribution in [0.1, 0.15) is 40.9 Å². The molecule has 2 rings (SSSR count). The lowest BCUT2D eigenvalue weighted by Gasteiger charge is -2.24. The van der Waals surface area contributed by atoms with Crippen molar-refractivity contribution < 1.29 is 14.3 Å². The summed E-state index contributed by atoms with van der Waals surface area (Å²) in [7, 11) is 1.76. The van der Waals surface area contributed by atoms with Gasteiger partial charge in [-0.05, 0) is 32.9 Å². The van der Waals surface area contributed by atoms with Gasteiger partial charge in [0.2, 0.25) is 0 Å². The molecular weight excluding hydrogens is 338 g/mol. The minimum Gasteiger partial charge on any atom is -0.465 e. The first-order valence-corrected chi connectivity index (χ1v) is 8.99. The van der Waals surface area contributed by atoms with Gasteiger partial charge < -0.3 is 15.0 Å². The highest BCUT2D eigenvalue weighted by Gasteiger charge is 2.23. The second kappa shape index (κ2) is 8.62. The van der Waals surface area contributed by atoms with Crippen molar-refractivity contribution >= 4 is 28.9 Å². The number of thiazole rings is 1. The van der Waals surface area contributed by atoms with Crippen molar-refractivity contribution in [3.63, 3.8) is 0 Å². The average molecular weight is 361 g/mol. The van der Waals surface area contributed by atoms with Crippen LogP contribution in [-0.4, -0.2) is 42.0 Å². The van der Waals surface area contributed by atoms with Gasteiger partial charge in [-0.15, -0.1) is 11.3 Å². The van der Waals surface area contributed by atoms with E-state index < -0.39 is 0 Å². The predicted molar refractivity (Wildman–Crippen MR) is 98.9 cm³/mol. The zero-order valence-electron chi connectivity index (χ0n) is 14.9. The lowest BCUT2D eigenvalue weighted by atomic mass is 10.1. The van der Waals surface area contributed by atoms with Crippen molar-refractivity contribution in [2.75, 3.05) is 25.5 Å². The topological polar surface area (TPSA) is 71.5 Å². The summed E-state index contributed by atoms with van der Waals surface area (Å²) in [6.07, 6.45) is 0. The number of aryl methyl sites for hydroxylation is 1. The van der Waals surface area contributed by atoms with Gasteiger partial charge in [0.1, 0.15) is 11.6 Å². The van der Waals surface area contributed by atoms with Gasteiger partial charge in [-0.3, -0.25) is 9.59 Å². The first-order valence-electron chi connectivity index (χ1n) is 8.11. The Labute approximate surface area is 151 Å². The number of aromatic nitrogens is 1. The lowest BCUT2D eigenvalue weighted by molar-refractivity contribution is -0.140. The van der Waals surface area contributed by atoms with Crippen LogP contribution in [0.2, 0.25) is 0 Å². The van der Waals surface area contributed by atoms with Crippen molar-refractivity contribution in [3.8, 4) is 0 Å². The van der Waals surface area contributed by atoms with Crippen molar-refractivity contribution in [1.82, 2.24) is 9.88 Å². The van der Waals surface area contributed by atoms with E-state index in [2.05, 4.69) is 10.3 Å². The molecule has 1 amide bonds. The van der Waals surface area contributed by atoms with Crippen molar-refractivity contribution in [2.24, 2.45) is 0 Å². The van der Waals surface area contributed by atoms with Crippen LogP contribution in [0.3, 0.4) is 0 Å². The smallest absolute Gasteiger partial charge is 0.325 e. The zero-order valence-corrected chi connectivity index (χ0v) is 15.7. The van der Waals surface area contributed by atoms with Crippen LogP contribution in [0.5, 0.6) is 0 Å². The molecule has 0 spiro atoms. The van der Waals surface area contributed by atoms with Crippen molar-refractivity contribution in [2.45, 2.75) is 26.8 Å². The standard InChI is InChI=1S/C18H23N3O3S/c1-5-24-16(22)10-19-15-9-7-6-8-14(15)18(23)21(4)13(3)17-20-12(2)11-25-17/h6-9,11,13,19H,5,10H2,1-4H3/t13-/m0/s1. The summed E-state index contributed by atoms with van der Waals surface area (Å²) >= 11 is 1.54. The normalized spacial score (nSPS) is 11.7. The fourth-order valence-electron chi connectivity index (χ4n) is 2.30. The van der Waals surface area contributed by atoms with E-state index in [1.807, 2.05) is 25.3 Å². The Bertz CT molecular complexity index is 745. The molecule has 25 heavy (non-hydrogen) atoms. The van der Waals surface area contributed by atoms with E-state index in [0.717, 1.165) is 10.7 Å². The average Bonchev–Trinajstić information content (AvgIpc) is 3.05. The number of carbonyl (C=O) groups is 2. The monoisotopic (exact) mass is 361 g/mol. The van der Waals surface area contributed by atoms with Gasteiger partial charge in [0.25, 0.3) is 5.91 Å². The van der Waals surface area contributed by atoms with E-state index in [-0.39, 0.29) is 24.5 Å². The summed E-state index contributed by atoms with van der Waals surface area (Å²) in [6.45, 7) is 5.98. The first kappa shape index (κ1) is 18.9. The lowest BCUT2D eigenvalue weighted by Crippen LogP contribution is -2.30. The summed E-state index contributed by atoms with van der Waals surface area (Å²) in [5.74, 6) is -0.489. The minimum absolute atomic E-state index is 0.0169. The van der Waals surface area contributed by atoms with Gasteiger partial charge >= 0.3 is 5.97 Å². The summed E-state index contributed by atoms with van der Waals surface area (Å²) < 4.78 is 4.91. The number of nitrogens with zero attached hydrogens (tertiary/aromatic N) is 2. The maximum absolute atomic E-state index is 12.9. The molecule has 134 valence electrons. The molecule has 0 fully saturated rings. The molecule has 1 atom stereocenters. The molecule has 2 aromatic rings. The largest absolute Gasteiger partial charge is 0.465 e. The molecule has 7 heteroatoms. The van der Waals surface area contributed by atoms with Crippen LogP contribution in [-0.2, 0) is 9.53 Å². The van der Waals surface area contributed by atoms with E-state index in [0.29, 0.717) is 17.9 Å². The van der Waals surface area contributed by atoms with Crippen LogP contribution in [0, 0.1) is 6.92 Å². The number of esters is 1. The third-order valence-corrected chi connectivity index (χ3v) is 4.91. The Hall–Kier alpha value is -2.41. The Balaban J connectivity index is 2.14. The Kier molecular flexibility index (Phi) is 6.52. The SMILES string of the molecule is CCOC(=O)CNc1ccccc1C(=O)N(C)[C@@H](C)c1nc(C)cs1. The van der Waals surface area contributed by atoms with Gasteiger partial charge in [-0.1, -0.05) is 12.1 Å². The maximum Gasteiger partial charge on any atom is 0.325 e. The summed E-state index contributed by atoms with van der Waals surface area (Å²) in [4.78, 5) is 30.6. The molecule has 0 aliphatic rings. The molecule has 0 saturated carbocycles. The molecule has 0 bridgehead atoms. The highest BCUT2D eigenvalue weighted by atomic mass is 32.1. The van der Waals surface area contributed by atoms with Gasteiger partial charge in [0, 0.05) is 23.8 Å². The second-order valence-corrected chi connectivity index (χ2v) is 6.51. The number of rotatable bonds is 7. The molecule has 0 saturated heterocycles. The molecule has 6 nitrogen and oxygen atoms in total. The number of anilines is 1. The van der Waals surface area contributed by atoms with Gasteiger partial charge in [0.15, 0.2) is 0 Å². The number of amides is 1. The number of nitrogens with one attached hydrogen (secondary N) is 1. The van der Waals surface area contributed by atoms with E-state index in [1.54, 1.807) is 48.4 Å². The van der Waals surface area contributed by atoms with Gasteiger partial charge in [-0.2, -0.15) is 0 Å². The summed E-state index contributed by atoms with van der Waals surface area (Å²) in [5.41, 5.74) is 2.06. The molecular formula is C18H23N3O3S. The number of hydrogen-bond acceptors (Lipinski definition) is 6. The zero-order chi connectivity index (χ0) is 18.4.